The molecule has 0 N–H and O–H groups in total. The molecular formula is C70H128O4P2S2. The molecule has 0 heterocycles. The predicted molar refractivity (Wildman–Crippen MR) is 356 cm³/mol. The maximum absolute atomic E-state index is 11.0. The number of unbranched alkanes of at least 4 members (excludes halogenated alkanes) is 32. The monoisotopic (exact) mass is 1160 g/mol. The molecule has 0 spiro atoms. The minimum atomic E-state index is -1.26. The molecule has 0 radical (unpaired) electrons. The van der Waals surface area contributed by atoms with Crippen molar-refractivity contribution in [1.29, 1.82) is 0 Å². The van der Waals surface area contributed by atoms with Crippen LogP contribution in [-0.2, 0) is 0 Å². The molecule has 2 rings (SSSR count). The van der Waals surface area contributed by atoms with E-state index in [4.69, 9.17) is 0 Å². The van der Waals surface area contributed by atoms with E-state index in [0.717, 1.165) is 21.6 Å². The summed E-state index contributed by atoms with van der Waals surface area (Å²) < 4.78 is 0. The largest absolute Gasteiger partial charge is 0.545 e. The number of carboxylic acids is 2. The lowest BCUT2D eigenvalue weighted by molar-refractivity contribution is -0.256. The van der Waals surface area contributed by atoms with Gasteiger partial charge in [-0.2, -0.15) is 0 Å². The van der Waals surface area contributed by atoms with Crippen LogP contribution in [0.1, 0.15) is 333 Å². The lowest BCUT2D eigenvalue weighted by Gasteiger charge is -2.28. The minimum Gasteiger partial charge on any atom is -0.545 e. The maximum atomic E-state index is 11.0. The van der Waals surface area contributed by atoms with Crippen LogP contribution < -0.4 is 10.2 Å². The van der Waals surface area contributed by atoms with Gasteiger partial charge in [0, 0.05) is 35.4 Å². The van der Waals surface area contributed by atoms with Gasteiger partial charge in [0.2, 0.25) is 0 Å². The number of carbonyl (C=O) groups excluding carboxylic acids is 2. The number of benzene rings is 2. The second kappa shape index (κ2) is 56.4. The molecule has 0 saturated carbocycles. The van der Waals surface area contributed by atoms with E-state index in [1.807, 2.05) is 0 Å². The van der Waals surface area contributed by atoms with Crippen LogP contribution >= 0.6 is 36.1 Å². The molecule has 454 valence electrons. The summed E-state index contributed by atoms with van der Waals surface area (Å²) in [5.41, 5.74) is 0.159. The third-order valence-electron chi connectivity index (χ3n) is 16.3. The van der Waals surface area contributed by atoms with E-state index in [-0.39, 0.29) is 11.1 Å². The van der Waals surface area contributed by atoms with Gasteiger partial charge in [-0.05, 0) is 76.3 Å². The summed E-state index contributed by atoms with van der Waals surface area (Å²) in [5.74, 6) is -2.52. The quantitative estimate of drug-likeness (QED) is 0.0373. The second-order valence-electron chi connectivity index (χ2n) is 23.5. The Kier molecular flexibility index (Phi) is 55.7. The topological polar surface area (TPSA) is 80.3 Å². The van der Waals surface area contributed by atoms with Gasteiger partial charge in [0.15, 0.2) is 0 Å². The third kappa shape index (κ3) is 42.7. The summed E-state index contributed by atoms with van der Waals surface area (Å²) in [4.78, 5) is 23.0. The van der Waals surface area contributed by atoms with Gasteiger partial charge in [0.25, 0.3) is 0 Å². The highest BCUT2D eigenvalue weighted by molar-refractivity contribution is 8.76. The predicted octanol–water partition coefficient (Wildman–Crippen LogP) is 23.0. The Bertz CT molecular complexity index is 1460. The standard InChI is InChI=1S/2C28H60P.C14H10O4S2/c2*1-5-9-13-14-15-16-17-18-19-20-21-22-23-24-28-29(25-10-6-2,26-11-7-3)27-12-8-4;15-13(16)9-5-1-3-7-11(9)19-20-12-8-4-2-6-10(12)14(17)18/h2*5-28H2,1-4H3;1-8H,(H,15,16)(H,17,18)/q2*+1;/p-2. The summed E-state index contributed by atoms with van der Waals surface area (Å²) in [6.07, 6.45) is 71.9. The van der Waals surface area contributed by atoms with Crippen LogP contribution in [0.2, 0.25) is 0 Å². The Balaban J connectivity index is 0.00000116. The highest BCUT2D eigenvalue weighted by atomic mass is 33.1. The fraction of sp³-hybridized carbons (Fsp3) is 0.800. The molecule has 78 heavy (non-hydrogen) atoms. The van der Waals surface area contributed by atoms with Gasteiger partial charge in [0.1, 0.15) is 0 Å². The number of rotatable bonds is 53. The molecule has 8 heteroatoms. The van der Waals surface area contributed by atoms with Gasteiger partial charge >= 0.3 is 0 Å². The molecule has 0 bridgehead atoms. The molecule has 0 saturated heterocycles. The van der Waals surface area contributed by atoms with E-state index in [1.165, 1.54) is 256 Å². The molecule has 0 aliphatic heterocycles. The molecule has 0 aliphatic rings. The summed E-state index contributed by atoms with van der Waals surface area (Å²) >= 11 is 0. The first-order valence-electron chi connectivity index (χ1n) is 33.7. The Labute approximate surface area is 495 Å². The summed E-state index contributed by atoms with van der Waals surface area (Å²) in [6, 6.07) is 12.8. The molecule has 0 unspecified atom stereocenters. The molecule has 4 nitrogen and oxygen atoms in total. The van der Waals surface area contributed by atoms with Gasteiger partial charge < -0.3 is 19.8 Å². The molecular weight excluding hydrogens is 1030 g/mol. The molecule has 0 aromatic heterocycles. The zero-order valence-electron chi connectivity index (χ0n) is 52.9. The Morgan fingerprint density at radius 2 is 0.462 bits per heavy atom. The van der Waals surface area contributed by atoms with Crippen molar-refractivity contribution in [2.75, 3.05) is 49.3 Å². The SMILES string of the molecule is CCCCCCCCCCCCCCCC[P+](CCCC)(CCCC)CCCC.CCCCCCCCCCCCCCCC[P+](CCCC)(CCCC)CCCC.O=C([O-])c1ccccc1SSc1ccccc1C(=O)[O-]. The van der Waals surface area contributed by atoms with Crippen LogP contribution in [0.25, 0.3) is 0 Å². The van der Waals surface area contributed by atoms with E-state index in [9.17, 15) is 19.8 Å². The first-order valence-corrected chi connectivity index (χ1v) is 40.9. The minimum absolute atomic E-state index is 0.0796. The number of carbonyl (C=O) groups is 2. The van der Waals surface area contributed by atoms with Gasteiger partial charge in [-0.3, -0.25) is 0 Å². The molecule has 0 aliphatic carbocycles. The molecule has 0 atom stereocenters. The molecule has 0 fully saturated rings. The average Bonchev–Trinajstić information content (AvgIpc) is 3.46. The van der Waals surface area contributed by atoms with Crippen molar-refractivity contribution in [3.05, 3.63) is 59.7 Å². The Morgan fingerprint density at radius 3 is 0.667 bits per heavy atom. The lowest BCUT2D eigenvalue weighted by atomic mass is 10.0. The van der Waals surface area contributed by atoms with Gasteiger partial charge in [-0.15, -0.1) is 0 Å². The molecule has 2 aromatic carbocycles. The van der Waals surface area contributed by atoms with E-state index in [0.29, 0.717) is 9.79 Å². The lowest BCUT2D eigenvalue weighted by Crippen LogP contribution is -2.23. The molecule has 2 aromatic rings. The normalized spacial score (nSPS) is 11.5. The fourth-order valence-electron chi connectivity index (χ4n) is 11.1. The Morgan fingerprint density at radius 1 is 0.282 bits per heavy atom. The summed E-state index contributed by atoms with van der Waals surface area (Å²) in [6.45, 7) is 19.0. The average molecular weight is 1160 g/mol. The van der Waals surface area contributed by atoms with Gasteiger partial charge in [-0.25, -0.2) is 0 Å². The number of hydrogen-bond acceptors (Lipinski definition) is 6. The van der Waals surface area contributed by atoms with Crippen LogP contribution in [0.4, 0.5) is 0 Å². The number of carboxylic acid groups (broad SMARTS) is 2. The first kappa shape index (κ1) is 76.9. The second-order valence-corrected chi connectivity index (χ2v) is 34.7. The van der Waals surface area contributed by atoms with Crippen molar-refractivity contribution in [2.24, 2.45) is 0 Å². The van der Waals surface area contributed by atoms with Gasteiger partial charge in [0.05, 0.1) is 61.2 Å². The van der Waals surface area contributed by atoms with E-state index in [2.05, 4.69) is 55.4 Å². The molecule has 0 amide bonds. The van der Waals surface area contributed by atoms with Crippen LogP contribution in [0, 0.1) is 0 Å². The van der Waals surface area contributed by atoms with Crippen LogP contribution in [0.5, 0.6) is 0 Å². The van der Waals surface area contributed by atoms with E-state index in [1.54, 1.807) is 98.5 Å². The van der Waals surface area contributed by atoms with E-state index < -0.39 is 26.5 Å². The number of aromatic carboxylic acids is 2. The van der Waals surface area contributed by atoms with Crippen molar-refractivity contribution in [1.82, 2.24) is 0 Å². The van der Waals surface area contributed by atoms with Crippen LogP contribution in [0.3, 0.4) is 0 Å². The third-order valence-corrected chi connectivity index (χ3v) is 28.9. The van der Waals surface area contributed by atoms with Crippen molar-refractivity contribution >= 4 is 48.1 Å². The van der Waals surface area contributed by atoms with Crippen molar-refractivity contribution < 1.29 is 19.8 Å². The first-order chi connectivity index (χ1) is 38.1. The van der Waals surface area contributed by atoms with Gasteiger partial charge in [-0.1, -0.05) is 306 Å². The van der Waals surface area contributed by atoms with Crippen LogP contribution in [0.15, 0.2) is 58.3 Å². The van der Waals surface area contributed by atoms with Crippen molar-refractivity contribution in [3.8, 4) is 0 Å². The summed E-state index contributed by atoms with van der Waals surface area (Å²) in [5, 5.41) is 21.9. The zero-order chi connectivity index (χ0) is 57.5. The summed E-state index contributed by atoms with van der Waals surface area (Å²) in [7, 11) is 1.07. The van der Waals surface area contributed by atoms with Crippen molar-refractivity contribution in [3.63, 3.8) is 0 Å². The maximum Gasteiger partial charge on any atom is 0.0726 e. The van der Waals surface area contributed by atoms with Crippen LogP contribution in [-0.4, -0.2) is 61.2 Å². The van der Waals surface area contributed by atoms with Crippen molar-refractivity contribution in [2.45, 2.75) is 322 Å². The fourth-order valence-corrected chi connectivity index (χ4v) is 23.8. The zero-order valence-corrected chi connectivity index (χ0v) is 56.3. The number of hydrogen-bond donors (Lipinski definition) is 0. The highest BCUT2D eigenvalue weighted by Gasteiger charge is 2.35. The smallest absolute Gasteiger partial charge is 0.0726 e. The Hall–Kier alpha value is -1.06. The van der Waals surface area contributed by atoms with E-state index >= 15 is 0 Å². The highest BCUT2D eigenvalue weighted by Crippen LogP contribution is 2.62.